The van der Waals surface area contributed by atoms with Crippen LogP contribution in [0.3, 0.4) is 0 Å². The predicted molar refractivity (Wildman–Crippen MR) is 61.8 cm³/mol. The molecule has 0 aromatic rings. The Kier molecular flexibility index (Phi) is 15.7. The summed E-state index contributed by atoms with van der Waals surface area (Å²) in [5, 5.41) is 0. The van der Waals surface area contributed by atoms with E-state index in [1.807, 2.05) is 0 Å². The van der Waals surface area contributed by atoms with E-state index in [0.29, 0.717) is 0 Å². The van der Waals surface area contributed by atoms with Gasteiger partial charge >= 0.3 is 59.1 Å². The first kappa shape index (κ1) is 25.4. The summed E-state index contributed by atoms with van der Waals surface area (Å²) in [7, 11) is -5.24. The molecular weight excluding hydrogens is 344 g/mol. The molecule has 0 heterocycles. The second kappa shape index (κ2) is 11.1. The molecule has 0 aliphatic heterocycles. The summed E-state index contributed by atoms with van der Waals surface area (Å²) < 4.78 is 62.2. The number of nitrogens with zero attached hydrogens (tertiary/aromatic N) is 1. The van der Waals surface area contributed by atoms with Gasteiger partial charge in [0.25, 0.3) is 0 Å². The third kappa shape index (κ3) is 16.5. The van der Waals surface area contributed by atoms with E-state index in [1.165, 1.54) is 0 Å². The Balaban J connectivity index is -0.00000112. The van der Waals surface area contributed by atoms with E-state index in [0.717, 1.165) is 0 Å². The molecule has 0 fully saturated rings. The van der Waals surface area contributed by atoms with Crippen LogP contribution < -0.4 is 59.1 Å². The molecule has 98 valence electrons. The summed E-state index contributed by atoms with van der Waals surface area (Å²) in [5.41, 5.74) is 0. The van der Waals surface area contributed by atoms with E-state index in [2.05, 4.69) is 0 Å². The standard InChI is InChI=1S/C5H13NO6S4.2Na/c1-6(2)5(3-13-15(7,8)9)4-14-16(10,11)12;;/h5H,3-4H2,1-2H3,(H,7,8,9)(H,10,11,12);;/q;2*+1/p-2. The van der Waals surface area contributed by atoms with Crippen molar-refractivity contribution < 1.29 is 85.1 Å². The smallest absolute Gasteiger partial charge is 0.739 e. The molecule has 0 aliphatic carbocycles. The molecule has 0 unspecified atom stereocenters. The monoisotopic (exact) mass is 355 g/mol. The van der Waals surface area contributed by atoms with Crippen molar-refractivity contribution in [1.29, 1.82) is 0 Å². The van der Waals surface area contributed by atoms with Crippen molar-refractivity contribution in [3.63, 3.8) is 0 Å². The molecule has 0 rings (SSSR count). The van der Waals surface area contributed by atoms with Crippen molar-refractivity contribution in [3.05, 3.63) is 0 Å². The van der Waals surface area contributed by atoms with E-state index >= 15 is 0 Å². The minimum Gasteiger partial charge on any atom is -0.739 e. The van der Waals surface area contributed by atoms with Gasteiger partial charge in [0.05, 0.1) is 0 Å². The van der Waals surface area contributed by atoms with Crippen molar-refractivity contribution >= 4 is 39.9 Å². The maximum absolute atomic E-state index is 10.4. The van der Waals surface area contributed by atoms with Crippen LogP contribution in [0.15, 0.2) is 0 Å². The fourth-order valence-corrected chi connectivity index (χ4v) is 4.24. The summed E-state index contributed by atoms with van der Waals surface area (Å²) in [5.74, 6) is -0.164. The molecule has 7 nitrogen and oxygen atoms in total. The number of rotatable bonds is 7. The molecule has 18 heavy (non-hydrogen) atoms. The third-order valence-corrected chi connectivity index (χ3v) is 5.71. The molecule has 0 N–H and O–H groups in total. The topological polar surface area (TPSA) is 118 Å². The molecule has 0 aromatic carbocycles. The van der Waals surface area contributed by atoms with Crippen LogP contribution in [0.25, 0.3) is 0 Å². The van der Waals surface area contributed by atoms with Gasteiger partial charge in [-0.15, -0.1) is 0 Å². The summed E-state index contributed by atoms with van der Waals surface area (Å²) in [6.45, 7) is 0. The Morgan fingerprint density at radius 1 is 0.944 bits per heavy atom. The van der Waals surface area contributed by atoms with Crippen LogP contribution in [0, 0.1) is 0 Å². The fraction of sp³-hybridized carbons (Fsp3) is 1.00. The van der Waals surface area contributed by atoms with Crippen LogP contribution in [0.4, 0.5) is 0 Å². The van der Waals surface area contributed by atoms with Crippen molar-refractivity contribution in [2.24, 2.45) is 0 Å². The number of hydrogen-bond acceptors (Lipinski definition) is 9. The predicted octanol–water partition coefficient (Wildman–Crippen LogP) is -6.69. The molecule has 0 aromatic heterocycles. The molecule has 0 saturated carbocycles. The molecule has 0 aliphatic rings. The van der Waals surface area contributed by atoms with Crippen molar-refractivity contribution in [2.75, 3.05) is 25.6 Å². The Morgan fingerprint density at radius 2 is 1.22 bits per heavy atom. The van der Waals surface area contributed by atoms with E-state index in [9.17, 15) is 25.9 Å². The van der Waals surface area contributed by atoms with Gasteiger partial charge in [0, 0.05) is 17.5 Å². The zero-order valence-electron chi connectivity index (χ0n) is 10.5. The van der Waals surface area contributed by atoms with Crippen molar-refractivity contribution in [3.8, 4) is 0 Å². The van der Waals surface area contributed by atoms with E-state index in [1.54, 1.807) is 19.0 Å². The van der Waals surface area contributed by atoms with Gasteiger partial charge in [0.2, 0.25) is 0 Å². The third-order valence-electron chi connectivity index (χ3n) is 1.54. The van der Waals surface area contributed by atoms with Gasteiger partial charge in [-0.3, -0.25) is 0 Å². The van der Waals surface area contributed by atoms with Crippen molar-refractivity contribution in [1.82, 2.24) is 4.90 Å². The second-order valence-electron chi connectivity index (χ2n) is 3.00. The summed E-state index contributed by atoms with van der Waals surface area (Å²) >= 11 is 0. The van der Waals surface area contributed by atoms with Gasteiger partial charge in [-0.05, 0) is 35.7 Å². The average Bonchev–Trinajstić information content (AvgIpc) is 1.98. The van der Waals surface area contributed by atoms with Gasteiger partial charge in [-0.2, -0.15) is 0 Å². The van der Waals surface area contributed by atoms with Crippen LogP contribution in [0.1, 0.15) is 0 Å². The van der Waals surface area contributed by atoms with E-state index < -0.39 is 24.3 Å². The second-order valence-corrected chi connectivity index (χ2v) is 9.64. The Morgan fingerprint density at radius 3 is 1.39 bits per heavy atom. The molecule has 0 spiro atoms. The van der Waals surface area contributed by atoms with Crippen LogP contribution in [-0.2, 0) is 18.3 Å². The molecule has 0 bridgehead atoms. The summed E-state index contributed by atoms with van der Waals surface area (Å²) in [6.07, 6.45) is 0. The first-order valence-corrected chi connectivity index (χ1v) is 9.70. The molecule has 0 saturated heterocycles. The molecule has 0 amide bonds. The molecule has 13 heteroatoms. The largest absolute Gasteiger partial charge is 1.00 e. The maximum atomic E-state index is 10.4. The van der Waals surface area contributed by atoms with Crippen LogP contribution in [0.2, 0.25) is 0 Å². The van der Waals surface area contributed by atoms with Gasteiger partial charge < -0.3 is 14.0 Å². The first-order valence-electron chi connectivity index (χ1n) is 3.88. The zero-order valence-corrected chi connectivity index (χ0v) is 17.8. The van der Waals surface area contributed by atoms with Gasteiger partial charge in [0.15, 0.2) is 0 Å². The molecule has 0 atom stereocenters. The SMILES string of the molecule is CN(C)C(CSS(=O)(=O)[O-])CSS(=O)(=O)[O-].[Na+].[Na+]. The Hall–Kier alpha value is 2.48. The normalized spacial score (nSPS) is 12.1. The first-order chi connectivity index (χ1) is 7.01. The van der Waals surface area contributed by atoms with Crippen LogP contribution >= 0.6 is 21.6 Å². The van der Waals surface area contributed by atoms with Gasteiger partial charge in [-0.25, -0.2) is 16.8 Å². The number of hydrogen-bond donors (Lipinski definition) is 0. The summed E-state index contributed by atoms with van der Waals surface area (Å²) in [6, 6.07) is -0.484. The van der Waals surface area contributed by atoms with Gasteiger partial charge in [0.1, 0.15) is 18.3 Å². The quantitative estimate of drug-likeness (QED) is 0.249. The van der Waals surface area contributed by atoms with E-state index in [-0.39, 0.29) is 92.2 Å². The maximum Gasteiger partial charge on any atom is 1.00 e. The Bertz CT molecular complexity index is 374. The average molecular weight is 355 g/mol. The summed E-state index contributed by atoms with van der Waals surface area (Å²) in [4.78, 5) is 1.55. The van der Waals surface area contributed by atoms with Gasteiger partial charge in [-0.1, -0.05) is 0 Å². The Labute approximate surface area is 159 Å². The van der Waals surface area contributed by atoms with Crippen molar-refractivity contribution in [2.45, 2.75) is 6.04 Å². The molecule has 0 radical (unpaired) electrons. The fourth-order valence-electron chi connectivity index (χ4n) is 0.670. The zero-order chi connectivity index (χ0) is 13.0. The van der Waals surface area contributed by atoms with Crippen LogP contribution in [0.5, 0.6) is 0 Å². The molecular formula is C5H11NNa2O6S4. The van der Waals surface area contributed by atoms with Crippen LogP contribution in [-0.4, -0.2) is 62.5 Å². The minimum atomic E-state index is -4.40. The van der Waals surface area contributed by atoms with E-state index in [4.69, 9.17) is 0 Å². The minimum absolute atomic E-state index is 0.